The van der Waals surface area contributed by atoms with Crippen molar-refractivity contribution in [1.82, 2.24) is 15.3 Å². The van der Waals surface area contributed by atoms with Crippen LogP contribution in [0.15, 0.2) is 61.3 Å². The Bertz CT molecular complexity index is 1220. The van der Waals surface area contributed by atoms with E-state index in [0.29, 0.717) is 42.0 Å². The van der Waals surface area contributed by atoms with E-state index in [-0.39, 0.29) is 35.6 Å². The fourth-order valence-corrected chi connectivity index (χ4v) is 3.82. The van der Waals surface area contributed by atoms with Gasteiger partial charge in [0.15, 0.2) is 11.6 Å². The lowest BCUT2D eigenvalue weighted by molar-refractivity contribution is -0.111. The van der Waals surface area contributed by atoms with E-state index in [0.717, 1.165) is 18.7 Å². The number of halogens is 2. The Morgan fingerprint density at radius 3 is 2.69 bits per heavy atom. The maximum Gasteiger partial charge on any atom is 0.247 e. The van der Waals surface area contributed by atoms with Gasteiger partial charge in [0.1, 0.15) is 5.82 Å². The summed E-state index contributed by atoms with van der Waals surface area (Å²) in [5.74, 6) is -1.41. The Balaban J connectivity index is 1.41. The highest BCUT2D eigenvalue weighted by atomic mass is 19.1. The molecule has 0 unspecified atom stereocenters. The minimum Gasteiger partial charge on any atom is -0.392 e. The highest BCUT2D eigenvalue weighted by Gasteiger charge is 2.22. The van der Waals surface area contributed by atoms with Crippen molar-refractivity contribution < 1.29 is 18.7 Å². The van der Waals surface area contributed by atoms with Crippen LogP contribution in [-0.4, -0.2) is 39.7 Å². The van der Waals surface area contributed by atoms with Crippen molar-refractivity contribution in [3.63, 3.8) is 0 Å². The van der Waals surface area contributed by atoms with Gasteiger partial charge in [0.2, 0.25) is 11.9 Å². The number of benzene rings is 2. The van der Waals surface area contributed by atoms with Crippen LogP contribution in [-0.2, 0) is 11.2 Å². The van der Waals surface area contributed by atoms with E-state index in [1.165, 1.54) is 6.07 Å². The first-order chi connectivity index (χ1) is 16.9. The van der Waals surface area contributed by atoms with Gasteiger partial charge in [-0.3, -0.25) is 4.79 Å². The van der Waals surface area contributed by atoms with E-state index in [4.69, 9.17) is 0 Å². The predicted octanol–water partition coefficient (Wildman–Crippen LogP) is 4.02. The van der Waals surface area contributed by atoms with Crippen molar-refractivity contribution in [2.75, 3.05) is 22.5 Å². The first-order valence-electron chi connectivity index (χ1n) is 11.2. The van der Waals surface area contributed by atoms with Gasteiger partial charge in [-0.2, -0.15) is 4.98 Å². The number of aliphatic hydroxyl groups is 1. The molecule has 182 valence electrons. The molecule has 0 saturated carbocycles. The number of amides is 1. The number of carbonyl (C=O) groups excluding carboxylic acids is 1. The van der Waals surface area contributed by atoms with Gasteiger partial charge in [0.25, 0.3) is 0 Å². The second-order valence-corrected chi connectivity index (χ2v) is 8.25. The van der Waals surface area contributed by atoms with Crippen molar-refractivity contribution in [2.24, 2.45) is 0 Å². The number of rotatable bonds is 9. The van der Waals surface area contributed by atoms with E-state index in [1.807, 2.05) is 0 Å². The number of aliphatic hydroxyl groups excluding tert-OH is 1. The molecule has 2 atom stereocenters. The van der Waals surface area contributed by atoms with Crippen LogP contribution in [0.2, 0.25) is 0 Å². The lowest BCUT2D eigenvalue weighted by Crippen LogP contribution is -2.22. The second kappa shape index (κ2) is 11.0. The summed E-state index contributed by atoms with van der Waals surface area (Å²) in [4.78, 5) is 19.6. The Hall–Kier alpha value is -3.89. The SMILES string of the molecule is C=CC(=O)Nc1cccc(Nc2nc(Nc3ccc(CC[C@@H]4C[C@@H](O)CN4)c(F)c3)ncc2F)c1. The van der Waals surface area contributed by atoms with Crippen molar-refractivity contribution >= 4 is 34.7 Å². The third-order valence-electron chi connectivity index (χ3n) is 5.59. The Kier molecular flexibility index (Phi) is 7.64. The van der Waals surface area contributed by atoms with Crippen LogP contribution in [0.25, 0.3) is 0 Å². The zero-order valence-electron chi connectivity index (χ0n) is 18.9. The van der Waals surface area contributed by atoms with E-state index in [1.54, 1.807) is 36.4 Å². The van der Waals surface area contributed by atoms with Crippen molar-refractivity contribution in [1.29, 1.82) is 0 Å². The van der Waals surface area contributed by atoms with Crippen LogP contribution in [0, 0.1) is 11.6 Å². The molecule has 8 nitrogen and oxygen atoms in total. The number of nitrogens with zero attached hydrogens (tertiary/aromatic N) is 2. The molecule has 1 amide bonds. The van der Waals surface area contributed by atoms with Crippen molar-refractivity contribution in [2.45, 2.75) is 31.4 Å². The minimum absolute atomic E-state index is 0.0845. The van der Waals surface area contributed by atoms with Gasteiger partial charge in [0.05, 0.1) is 12.3 Å². The van der Waals surface area contributed by atoms with Gasteiger partial charge in [-0.05, 0) is 61.2 Å². The molecule has 4 rings (SSSR count). The Morgan fingerprint density at radius 1 is 1.14 bits per heavy atom. The number of hydrogen-bond donors (Lipinski definition) is 5. The largest absolute Gasteiger partial charge is 0.392 e. The Labute approximate surface area is 201 Å². The zero-order valence-corrected chi connectivity index (χ0v) is 18.9. The third kappa shape index (κ3) is 6.58. The molecule has 2 heterocycles. The van der Waals surface area contributed by atoms with Crippen LogP contribution in [0.3, 0.4) is 0 Å². The molecule has 1 aliphatic rings. The molecule has 1 aromatic heterocycles. The first-order valence-corrected chi connectivity index (χ1v) is 11.2. The summed E-state index contributed by atoms with van der Waals surface area (Å²) in [5.41, 5.74) is 2.00. The normalized spacial score (nSPS) is 17.1. The average molecular weight is 481 g/mol. The highest BCUT2D eigenvalue weighted by molar-refractivity contribution is 5.99. The summed E-state index contributed by atoms with van der Waals surface area (Å²) in [7, 11) is 0. The highest BCUT2D eigenvalue weighted by Crippen LogP contribution is 2.24. The monoisotopic (exact) mass is 480 g/mol. The summed E-state index contributed by atoms with van der Waals surface area (Å²) in [6, 6.07) is 11.6. The van der Waals surface area contributed by atoms with Crippen molar-refractivity contribution in [3.05, 3.63) is 78.5 Å². The molecule has 0 aliphatic carbocycles. The van der Waals surface area contributed by atoms with Gasteiger partial charge in [-0.25, -0.2) is 13.8 Å². The van der Waals surface area contributed by atoms with E-state index in [9.17, 15) is 18.7 Å². The topological polar surface area (TPSA) is 111 Å². The molecule has 0 spiro atoms. The number of hydrogen-bond acceptors (Lipinski definition) is 7. The number of aryl methyl sites for hydroxylation is 1. The van der Waals surface area contributed by atoms with Crippen LogP contribution in [0.4, 0.5) is 37.6 Å². The van der Waals surface area contributed by atoms with Gasteiger partial charge in [-0.1, -0.05) is 18.7 Å². The molecule has 0 radical (unpaired) electrons. The van der Waals surface area contributed by atoms with Crippen LogP contribution in [0.1, 0.15) is 18.4 Å². The molecule has 1 saturated heterocycles. The number of carbonyl (C=O) groups is 1. The molecule has 2 aromatic carbocycles. The third-order valence-corrected chi connectivity index (χ3v) is 5.59. The molecule has 35 heavy (non-hydrogen) atoms. The molecule has 10 heteroatoms. The predicted molar refractivity (Wildman–Crippen MR) is 131 cm³/mol. The maximum atomic E-state index is 14.6. The number of nitrogens with one attached hydrogen (secondary N) is 4. The molecule has 3 aromatic rings. The second-order valence-electron chi connectivity index (χ2n) is 8.25. The van der Waals surface area contributed by atoms with E-state index in [2.05, 4.69) is 37.8 Å². The smallest absolute Gasteiger partial charge is 0.247 e. The number of anilines is 5. The zero-order chi connectivity index (χ0) is 24.8. The summed E-state index contributed by atoms with van der Waals surface area (Å²) in [6.45, 7) is 3.98. The van der Waals surface area contributed by atoms with Crippen LogP contribution < -0.4 is 21.3 Å². The molecular formula is C25H26F2N6O2. The van der Waals surface area contributed by atoms with Gasteiger partial charge in [0, 0.05) is 29.6 Å². The first kappa shape index (κ1) is 24.2. The average Bonchev–Trinajstić information content (AvgIpc) is 3.26. The lowest BCUT2D eigenvalue weighted by Gasteiger charge is -2.12. The fraction of sp³-hybridized carbons (Fsp3) is 0.240. The van der Waals surface area contributed by atoms with Gasteiger partial charge < -0.3 is 26.4 Å². The fourth-order valence-electron chi connectivity index (χ4n) is 3.82. The number of aromatic nitrogens is 2. The van der Waals surface area contributed by atoms with Crippen LogP contribution in [0.5, 0.6) is 0 Å². The van der Waals surface area contributed by atoms with Crippen molar-refractivity contribution in [3.8, 4) is 0 Å². The van der Waals surface area contributed by atoms with E-state index < -0.39 is 5.82 Å². The number of β-amino-alcohol motifs (C(OH)–C–C–N with tert-alkyl or cyclic N) is 1. The molecule has 1 aliphatic heterocycles. The molecule has 5 N–H and O–H groups in total. The quantitative estimate of drug-likeness (QED) is 0.294. The summed E-state index contributed by atoms with van der Waals surface area (Å²) < 4.78 is 29.0. The summed E-state index contributed by atoms with van der Waals surface area (Å²) in [6.07, 6.45) is 3.77. The standard InChI is InChI=1S/C25H26F2N6O2/c1-2-23(35)30-17-4-3-5-18(10-17)31-24-22(27)14-29-25(33-24)32-19-9-7-15(21(26)12-19)6-8-16-11-20(34)13-28-16/h2-5,7,9-10,12,14,16,20,28,34H,1,6,8,11,13H2,(H,30,35)(H2,29,31,32,33)/t16-,20-/m1/s1. The Morgan fingerprint density at radius 2 is 1.94 bits per heavy atom. The molecule has 0 bridgehead atoms. The van der Waals surface area contributed by atoms with Crippen LogP contribution >= 0.6 is 0 Å². The summed E-state index contributed by atoms with van der Waals surface area (Å²) >= 11 is 0. The van der Waals surface area contributed by atoms with Gasteiger partial charge in [-0.15, -0.1) is 0 Å². The maximum absolute atomic E-state index is 14.6. The van der Waals surface area contributed by atoms with Gasteiger partial charge >= 0.3 is 0 Å². The minimum atomic E-state index is -0.678. The van der Waals surface area contributed by atoms with E-state index >= 15 is 0 Å². The lowest BCUT2D eigenvalue weighted by atomic mass is 10.0. The molecule has 1 fully saturated rings. The molecular weight excluding hydrogens is 454 g/mol. The summed E-state index contributed by atoms with van der Waals surface area (Å²) in [5, 5.41) is 21.2.